The molecule has 2 fully saturated rings. The van der Waals surface area contributed by atoms with Crippen molar-refractivity contribution in [2.24, 2.45) is 0 Å². The highest BCUT2D eigenvalue weighted by atomic mass is 31.2. The average molecular weight is 607 g/mol. The van der Waals surface area contributed by atoms with Gasteiger partial charge in [0.25, 0.3) is 0 Å². The largest absolute Gasteiger partial charge is 0.476 e. The minimum absolute atomic E-state index is 0.0318. The van der Waals surface area contributed by atoms with E-state index >= 15 is 0 Å². The van der Waals surface area contributed by atoms with Crippen LogP contribution >= 0.6 is 7.75 Å². The summed E-state index contributed by atoms with van der Waals surface area (Å²) in [6, 6.07) is 7.30. The van der Waals surface area contributed by atoms with Crippen molar-refractivity contribution in [2.45, 2.75) is 70.3 Å². The van der Waals surface area contributed by atoms with Gasteiger partial charge in [-0.3, -0.25) is 13.9 Å². The number of rotatable bonds is 12. The monoisotopic (exact) mass is 606 g/mol. The molecule has 2 bridgehead atoms. The smallest absolute Gasteiger partial charge is 0.459 e. The number of nitrogen functional groups attached to an aromatic ring is 1. The first kappa shape index (κ1) is 30.1. The topological polar surface area (TPSA) is 191 Å². The highest BCUT2D eigenvalue weighted by Crippen LogP contribution is 2.55. The molecule has 2 aliphatic rings. The minimum atomic E-state index is -4.24. The molecule has 0 amide bonds. The third-order valence-corrected chi connectivity index (χ3v) is 8.57. The zero-order chi connectivity index (χ0) is 30.3. The summed E-state index contributed by atoms with van der Waals surface area (Å²) >= 11 is 0. The number of fused-ring (bicyclic) bond motifs is 3. The van der Waals surface area contributed by atoms with E-state index in [1.807, 2.05) is 0 Å². The van der Waals surface area contributed by atoms with E-state index in [4.69, 9.17) is 33.7 Å². The van der Waals surface area contributed by atoms with Crippen LogP contribution in [0.3, 0.4) is 0 Å². The number of anilines is 1. The van der Waals surface area contributed by atoms with Crippen molar-refractivity contribution in [3.05, 3.63) is 36.7 Å². The third kappa shape index (κ3) is 5.55. The molecule has 2 aromatic heterocycles. The average Bonchev–Trinajstić information content (AvgIpc) is 3.53. The van der Waals surface area contributed by atoms with Gasteiger partial charge in [0.2, 0.25) is 11.8 Å². The molecule has 0 spiro atoms. The Hall–Kier alpha value is -3.33. The Morgan fingerprint density at radius 1 is 1.29 bits per heavy atom. The number of carbonyl (C=O) groups is 1. The number of hydrogen-bond acceptors (Lipinski definition) is 13. The lowest BCUT2D eigenvalue weighted by atomic mass is 9.92. The number of aromatic nitrogens is 4. The number of hydrogen-bond donors (Lipinski definition) is 3. The Kier molecular flexibility index (Phi) is 8.18. The number of nitrogens with zero attached hydrogens (tertiary/aromatic N) is 4. The molecule has 6 atom stereocenters. The second-order valence-electron chi connectivity index (χ2n) is 10.6. The molecule has 2 aliphatic heterocycles. The Bertz CT molecular complexity index is 1490. The lowest BCUT2D eigenvalue weighted by Gasteiger charge is -2.34. The van der Waals surface area contributed by atoms with Crippen molar-refractivity contribution >= 4 is 30.8 Å². The Morgan fingerprint density at radius 2 is 2.02 bits per heavy atom. The Morgan fingerprint density at radius 3 is 2.71 bits per heavy atom. The standard InChI is InChI=1S/C26H35N6O9P/c1-6-36-20-18-19(29-24(27)30-20)32(14-28-18)23-25(5)22(34)26(40-23,12-37-25)13-38-42(35,41-17-10-8-7-9-11-17)31-16(4)21(33)39-15(2)3/h7-11,14-16,22-23,34H,6,12-13H2,1-5H3,(H,31,35)(H2,27,29,30)/t16-,22+,23-,25-,26-,42-/m1/s1. The number of ether oxygens (including phenoxy) is 4. The first-order valence-electron chi connectivity index (χ1n) is 13.5. The summed E-state index contributed by atoms with van der Waals surface area (Å²) in [4.78, 5) is 25.3. The van der Waals surface area contributed by atoms with Crippen LogP contribution in [0.2, 0.25) is 0 Å². The van der Waals surface area contributed by atoms with Crippen LogP contribution in [-0.2, 0) is 28.1 Å². The van der Waals surface area contributed by atoms with E-state index < -0.39 is 49.9 Å². The van der Waals surface area contributed by atoms with Crippen LogP contribution in [-0.4, -0.2) is 79.9 Å². The number of aliphatic hydroxyl groups is 1. The molecule has 0 aliphatic carbocycles. The van der Waals surface area contributed by atoms with Crippen LogP contribution in [0.25, 0.3) is 11.2 Å². The SMILES string of the molecule is CCOc1nc(N)nc2c1ncn2[C@@H]1O[C@@]2(CO[P@](=O)(N[C@H](C)C(=O)OC(C)C)Oc3ccccc3)CO[C@]1(C)[C@@H]2O. The van der Waals surface area contributed by atoms with Crippen LogP contribution in [0.4, 0.5) is 5.95 Å². The number of carbonyl (C=O) groups excluding carboxylic acids is 1. The molecule has 15 nitrogen and oxygen atoms in total. The molecular formula is C26H35N6O9P. The summed E-state index contributed by atoms with van der Waals surface area (Å²) in [5.41, 5.74) is 3.86. The van der Waals surface area contributed by atoms with Gasteiger partial charge in [0.05, 0.1) is 32.3 Å². The van der Waals surface area contributed by atoms with Crippen LogP contribution in [0, 0.1) is 0 Å². The predicted molar refractivity (Wildman–Crippen MR) is 149 cm³/mol. The van der Waals surface area contributed by atoms with Crippen molar-refractivity contribution in [1.29, 1.82) is 0 Å². The Labute approximate surface area is 242 Å². The predicted octanol–water partition coefficient (Wildman–Crippen LogP) is 2.36. The fourth-order valence-corrected chi connectivity index (χ4v) is 6.48. The molecule has 228 valence electrons. The van der Waals surface area contributed by atoms with Gasteiger partial charge in [0, 0.05) is 0 Å². The summed E-state index contributed by atoms with van der Waals surface area (Å²) in [5.74, 6) is -0.226. The molecule has 42 heavy (non-hydrogen) atoms. The first-order valence-corrected chi connectivity index (χ1v) is 15.0. The van der Waals surface area contributed by atoms with E-state index in [1.165, 1.54) is 13.3 Å². The molecule has 0 unspecified atom stereocenters. The fourth-order valence-electron chi connectivity index (χ4n) is 4.93. The number of esters is 1. The number of nitrogens with one attached hydrogen (secondary N) is 1. The third-order valence-electron chi connectivity index (χ3n) is 6.95. The van der Waals surface area contributed by atoms with Crippen molar-refractivity contribution < 1.29 is 42.5 Å². The highest BCUT2D eigenvalue weighted by molar-refractivity contribution is 7.52. The summed E-state index contributed by atoms with van der Waals surface area (Å²) in [5, 5.41) is 14.1. The maximum atomic E-state index is 14.0. The molecule has 4 N–H and O–H groups in total. The number of para-hydroxylation sites is 1. The van der Waals surface area contributed by atoms with E-state index in [0.717, 1.165) is 0 Å². The second kappa shape index (κ2) is 11.4. The van der Waals surface area contributed by atoms with Crippen LogP contribution in [0.1, 0.15) is 40.8 Å². The van der Waals surface area contributed by atoms with Gasteiger partial charge in [-0.15, -0.1) is 0 Å². The quantitative estimate of drug-likeness (QED) is 0.201. The van der Waals surface area contributed by atoms with Crippen molar-refractivity contribution in [2.75, 3.05) is 25.6 Å². The van der Waals surface area contributed by atoms with E-state index in [9.17, 15) is 14.5 Å². The molecule has 4 heterocycles. The summed E-state index contributed by atoms with van der Waals surface area (Å²) in [6.07, 6.45) is -1.07. The van der Waals surface area contributed by atoms with Crippen LogP contribution in [0.5, 0.6) is 11.6 Å². The zero-order valence-corrected chi connectivity index (χ0v) is 24.8. The maximum absolute atomic E-state index is 14.0. The van der Waals surface area contributed by atoms with Gasteiger partial charge in [-0.1, -0.05) is 18.2 Å². The molecule has 1 aromatic carbocycles. The van der Waals surface area contributed by atoms with Crippen LogP contribution < -0.4 is 20.1 Å². The Balaban J connectivity index is 1.41. The second-order valence-corrected chi connectivity index (χ2v) is 12.3. The molecular weight excluding hydrogens is 571 g/mol. The number of benzene rings is 1. The van der Waals surface area contributed by atoms with E-state index in [-0.39, 0.29) is 30.3 Å². The minimum Gasteiger partial charge on any atom is -0.476 e. The van der Waals surface area contributed by atoms with Crippen molar-refractivity contribution in [1.82, 2.24) is 24.6 Å². The van der Waals surface area contributed by atoms with E-state index in [1.54, 1.807) is 62.6 Å². The van der Waals surface area contributed by atoms with Crippen molar-refractivity contribution in [3.8, 4) is 11.6 Å². The normalized spacial score (nSPS) is 27.2. The maximum Gasteiger partial charge on any atom is 0.459 e. The van der Waals surface area contributed by atoms with Gasteiger partial charge < -0.3 is 34.3 Å². The lowest BCUT2D eigenvalue weighted by Crippen LogP contribution is -2.46. The molecule has 2 saturated heterocycles. The summed E-state index contributed by atoms with van der Waals surface area (Å²) in [7, 11) is -4.24. The number of imidazole rings is 1. The van der Waals surface area contributed by atoms with E-state index in [0.29, 0.717) is 17.8 Å². The molecule has 3 aromatic rings. The van der Waals surface area contributed by atoms with Gasteiger partial charge >= 0.3 is 13.7 Å². The fraction of sp³-hybridized carbons (Fsp3) is 0.538. The summed E-state index contributed by atoms with van der Waals surface area (Å²) in [6.45, 7) is 8.21. The number of aliphatic hydroxyl groups excluding tert-OH is 1. The van der Waals surface area contributed by atoms with E-state index in [2.05, 4.69) is 20.0 Å². The van der Waals surface area contributed by atoms with Crippen molar-refractivity contribution in [3.63, 3.8) is 0 Å². The molecule has 16 heteroatoms. The highest BCUT2D eigenvalue weighted by Gasteiger charge is 2.69. The van der Waals surface area contributed by atoms with Crippen LogP contribution in [0.15, 0.2) is 36.7 Å². The zero-order valence-electron chi connectivity index (χ0n) is 23.9. The molecule has 0 radical (unpaired) electrons. The van der Waals surface area contributed by atoms with Gasteiger partial charge in [0.1, 0.15) is 29.1 Å². The number of nitrogens with two attached hydrogens (primary N) is 1. The molecule has 5 rings (SSSR count). The first-order chi connectivity index (χ1) is 19.9. The summed E-state index contributed by atoms with van der Waals surface area (Å²) < 4.78 is 50.4. The van der Waals surface area contributed by atoms with Gasteiger partial charge in [-0.25, -0.2) is 9.55 Å². The van der Waals surface area contributed by atoms with Gasteiger partial charge in [0.15, 0.2) is 17.4 Å². The van der Waals surface area contributed by atoms with Gasteiger partial charge in [-0.05, 0) is 46.8 Å². The van der Waals surface area contributed by atoms with Gasteiger partial charge in [-0.2, -0.15) is 15.1 Å². The lowest BCUT2D eigenvalue weighted by molar-refractivity contribution is -0.209. The molecule has 0 saturated carbocycles.